The highest BCUT2D eigenvalue weighted by Gasteiger charge is 1.99. The molecule has 0 unspecified atom stereocenters. The maximum Gasteiger partial charge on any atom is 0.123 e. The zero-order valence-electron chi connectivity index (χ0n) is 10.1. The molecular formula is C13H20BrNO. The number of aryl methyl sites for hydroxylation is 1. The Morgan fingerprint density at radius 3 is 2.88 bits per heavy atom. The molecular weight excluding hydrogens is 266 g/mol. The number of hydrogen-bond donors (Lipinski definition) is 1. The van der Waals surface area contributed by atoms with Gasteiger partial charge in [-0.15, -0.1) is 0 Å². The van der Waals surface area contributed by atoms with Crippen LogP contribution < -0.4 is 10.1 Å². The fourth-order valence-corrected chi connectivity index (χ4v) is 1.75. The van der Waals surface area contributed by atoms with Gasteiger partial charge < -0.3 is 10.1 Å². The molecule has 16 heavy (non-hydrogen) atoms. The molecule has 2 nitrogen and oxygen atoms in total. The molecule has 0 atom stereocenters. The standard InChI is InChI=1S/C13H20BrNO/c1-3-7-15-8-4-9-16-13-10-12(14)6-5-11(13)2/h5-6,10,15H,3-4,7-9H2,1-2H3. The maximum absolute atomic E-state index is 5.73. The summed E-state index contributed by atoms with van der Waals surface area (Å²) in [5, 5.41) is 3.36. The molecule has 1 aromatic rings. The lowest BCUT2D eigenvalue weighted by molar-refractivity contribution is 0.306. The molecule has 1 aromatic carbocycles. The van der Waals surface area contributed by atoms with E-state index in [-0.39, 0.29) is 0 Å². The number of ether oxygens (including phenoxy) is 1. The zero-order valence-corrected chi connectivity index (χ0v) is 11.6. The molecule has 0 aliphatic rings. The van der Waals surface area contributed by atoms with Crippen LogP contribution in [0.25, 0.3) is 0 Å². The molecule has 1 rings (SSSR count). The van der Waals surface area contributed by atoms with Gasteiger partial charge in [-0.05, 0) is 50.6 Å². The van der Waals surface area contributed by atoms with E-state index in [4.69, 9.17) is 4.74 Å². The molecule has 0 aliphatic heterocycles. The second kappa shape index (κ2) is 7.69. The SMILES string of the molecule is CCCNCCCOc1cc(Br)ccc1C. The first kappa shape index (κ1) is 13.5. The molecule has 0 aromatic heterocycles. The number of nitrogens with one attached hydrogen (secondary N) is 1. The van der Waals surface area contributed by atoms with E-state index in [9.17, 15) is 0 Å². The van der Waals surface area contributed by atoms with Crippen molar-refractivity contribution in [1.82, 2.24) is 5.32 Å². The Morgan fingerprint density at radius 2 is 2.12 bits per heavy atom. The Morgan fingerprint density at radius 1 is 1.31 bits per heavy atom. The Bertz CT molecular complexity index is 315. The van der Waals surface area contributed by atoms with Gasteiger partial charge in [-0.3, -0.25) is 0 Å². The van der Waals surface area contributed by atoms with Crippen LogP contribution in [0.15, 0.2) is 22.7 Å². The predicted octanol–water partition coefficient (Wildman–Crippen LogP) is 3.53. The van der Waals surface area contributed by atoms with Crippen LogP contribution in [-0.2, 0) is 0 Å². The average Bonchev–Trinajstić information content (AvgIpc) is 2.28. The van der Waals surface area contributed by atoms with Crippen molar-refractivity contribution in [1.29, 1.82) is 0 Å². The van der Waals surface area contributed by atoms with Crippen LogP contribution in [0.5, 0.6) is 5.75 Å². The van der Waals surface area contributed by atoms with Crippen LogP contribution in [0.3, 0.4) is 0 Å². The monoisotopic (exact) mass is 285 g/mol. The summed E-state index contributed by atoms with van der Waals surface area (Å²) in [6.45, 7) is 7.14. The molecule has 0 saturated carbocycles. The highest BCUT2D eigenvalue weighted by molar-refractivity contribution is 9.10. The van der Waals surface area contributed by atoms with Crippen molar-refractivity contribution >= 4 is 15.9 Å². The summed E-state index contributed by atoms with van der Waals surface area (Å²) in [4.78, 5) is 0. The third kappa shape index (κ3) is 4.99. The van der Waals surface area contributed by atoms with E-state index in [0.29, 0.717) is 0 Å². The van der Waals surface area contributed by atoms with Crippen LogP contribution in [0.4, 0.5) is 0 Å². The summed E-state index contributed by atoms with van der Waals surface area (Å²) < 4.78 is 6.79. The molecule has 1 N–H and O–H groups in total. The maximum atomic E-state index is 5.73. The van der Waals surface area contributed by atoms with Crippen molar-refractivity contribution < 1.29 is 4.74 Å². The van der Waals surface area contributed by atoms with Crippen molar-refractivity contribution in [2.75, 3.05) is 19.7 Å². The molecule has 0 saturated heterocycles. The molecule has 0 bridgehead atoms. The molecule has 0 amide bonds. The van der Waals surface area contributed by atoms with Crippen LogP contribution >= 0.6 is 15.9 Å². The van der Waals surface area contributed by atoms with Crippen molar-refractivity contribution in [3.8, 4) is 5.75 Å². The minimum Gasteiger partial charge on any atom is -0.493 e. The van der Waals surface area contributed by atoms with Crippen molar-refractivity contribution in [3.05, 3.63) is 28.2 Å². The Kier molecular flexibility index (Phi) is 6.50. The molecule has 0 fully saturated rings. The summed E-state index contributed by atoms with van der Waals surface area (Å²) in [6.07, 6.45) is 2.23. The normalized spacial score (nSPS) is 10.4. The summed E-state index contributed by atoms with van der Waals surface area (Å²) in [5.41, 5.74) is 1.18. The fourth-order valence-electron chi connectivity index (χ4n) is 1.41. The highest BCUT2D eigenvalue weighted by Crippen LogP contribution is 2.22. The topological polar surface area (TPSA) is 21.3 Å². The first-order valence-electron chi connectivity index (χ1n) is 5.83. The lowest BCUT2D eigenvalue weighted by Gasteiger charge is -2.09. The largest absolute Gasteiger partial charge is 0.493 e. The van der Waals surface area contributed by atoms with E-state index in [1.54, 1.807) is 0 Å². The number of benzene rings is 1. The Hall–Kier alpha value is -0.540. The van der Waals surface area contributed by atoms with Gasteiger partial charge in [0.2, 0.25) is 0 Å². The van der Waals surface area contributed by atoms with Gasteiger partial charge in [-0.2, -0.15) is 0 Å². The van der Waals surface area contributed by atoms with Crippen LogP contribution in [0, 0.1) is 6.92 Å². The van der Waals surface area contributed by atoms with Gasteiger partial charge >= 0.3 is 0 Å². The van der Waals surface area contributed by atoms with Crippen molar-refractivity contribution in [2.45, 2.75) is 26.7 Å². The zero-order chi connectivity index (χ0) is 11.8. The van der Waals surface area contributed by atoms with Gasteiger partial charge in [-0.1, -0.05) is 28.9 Å². The number of rotatable bonds is 7. The van der Waals surface area contributed by atoms with E-state index >= 15 is 0 Å². The first-order valence-corrected chi connectivity index (χ1v) is 6.63. The van der Waals surface area contributed by atoms with Gasteiger partial charge in [0.15, 0.2) is 0 Å². The minimum absolute atomic E-state index is 0.772. The third-order valence-corrected chi connectivity index (χ3v) is 2.83. The van der Waals surface area contributed by atoms with Crippen LogP contribution in [0.1, 0.15) is 25.3 Å². The predicted molar refractivity (Wildman–Crippen MR) is 72.2 cm³/mol. The molecule has 0 heterocycles. The van der Waals surface area contributed by atoms with E-state index < -0.39 is 0 Å². The Labute approximate surface area is 107 Å². The highest BCUT2D eigenvalue weighted by atomic mass is 79.9. The Balaban J connectivity index is 2.23. The first-order chi connectivity index (χ1) is 7.74. The summed E-state index contributed by atoms with van der Waals surface area (Å²) in [7, 11) is 0. The van der Waals surface area contributed by atoms with Gasteiger partial charge in [0.25, 0.3) is 0 Å². The van der Waals surface area contributed by atoms with Gasteiger partial charge in [-0.25, -0.2) is 0 Å². The van der Waals surface area contributed by atoms with E-state index in [2.05, 4.69) is 41.2 Å². The van der Waals surface area contributed by atoms with Gasteiger partial charge in [0, 0.05) is 4.47 Å². The molecule has 3 heteroatoms. The smallest absolute Gasteiger partial charge is 0.123 e. The lowest BCUT2D eigenvalue weighted by Crippen LogP contribution is -2.18. The molecule has 0 radical (unpaired) electrons. The number of hydrogen-bond acceptors (Lipinski definition) is 2. The summed E-state index contributed by atoms with van der Waals surface area (Å²) in [6, 6.07) is 6.12. The average molecular weight is 286 g/mol. The van der Waals surface area contributed by atoms with E-state index in [1.807, 2.05) is 12.1 Å². The molecule has 90 valence electrons. The van der Waals surface area contributed by atoms with Gasteiger partial charge in [0.05, 0.1) is 6.61 Å². The lowest BCUT2D eigenvalue weighted by atomic mass is 10.2. The molecule has 0 aliphatic carbocycles. The van der Waals surface area contributed by atoms with Crippen molar-refractivity contribution in [3.63, 3.8) is 0 Å². The minimum atomic E-state index is 0.772. The summed E-state index contributed by atoms with van der Waals surface area (Å²) in [5.74, 6) is 0.977. The van der Waals surface area contributed by atoms with E-state index in [1.165, 1.54) is 12.0 Å². The second-order valence-corrected chi connectivity index (χ2v) is 4.78. The van der Waals surface area contributed by atoms with Gasteiger partial charge in [0.1, 0.15) is 5.75 Å². The number of halogens is 1. The molecule has 0 spiro atoms. The third-order valence-electron chi connectivity index (χ3n) is 2.33. The fraction of sp³-hybridized carbons (Fsp3) is 0.538. The second-order valence-electron chi connectivity index (χ2n) is 3.86. The van der Waals surface area contributed by atoms with Crippen LogP contribution in [-0.4, -0.2) is 19.7 Å². The summed E-state index contributed by atoms with van der Waals surface area (Å²) >= 11 is 3.45. The van der Waals surface area contributed by atoms with Crippen molar-refractivity contribution in [2.24, 2.45) is 0 Å². The van der Waals surface area contributed by atoms with Crippen LogP contribution in [0.2, 0.25) is 0 Å². The quantitative estimate of drug-likeness (QED) is 0.774. The van der Waals surface area contributed by atoms with E-state index in [0.717, 1.165) is 36.3 Å².